The second kappa shape index (κ2) is 6.67. The van der Waals surface area contributed by atoms with Crippen LogP contribution in [0.15, 0.2) is 18.2 Å². The summed E-state index contributed by atoms with van der Waals surface area (Å²) in [5.41, 5.74) is 1.06. The lowest BCUT2D eigenvalue weighted by molar-refractivity contribution is 0.391. The first-order chi connectivity index (χ1) is 9.63. The van der Waals surface area contributed by atoms with Crippen molar-refractivity contribution >= 4 is 11.3 Å². The third-order valence-corrected chi connectivity index (χ3v) is 3.87. The molecule has 6 heteroatoms. The summed E-state index contributed by atoms with van der Waals surface area (Å²) in [7, 11) is 3.33. The minimum absolute atomic E-state index is 0.129. The van der Waals surface area contributed by atoms with Gasteiger partial charge in [-0.15, -0.1) is 21.5 Å². The maximum atomic E-state index is 5.40. The molecule has 1 N–H and O–H groups in total. The lowest BCUT2D eigenvalue weighted by Crippen LogP contribution is -2.18. The molecule has 0 fully saturated rings. The zero-order valence-electron chi connectivity index (χ0n) is 12.1. The van der Waals surface area contributed by atoms with Crippen LogP contribution in [0.5, 0.6) is 11.5 Å². The second-order valence-electron chi connectivity index (χ2n) is 4.43. The Labute approximate surface area is 123 Å². The number of hydrogen-bond acceptors (Lipinski definition) is 6. The Morgan fingerprint density at radius 3 is 2.65 bits per heavy atom. The monoisotopic (exact) mass is 293 g/mol. The quantitative estimate of drug-likeness (QED) is 0.887. The van der Waals surface area contributed by atoms with E-state index < -0.39 is 0 Å². The normalized spacial score (nSPS) is 12.2. The molecule has 0 saturated carbocycles. The van der Waals surface area contributed by atoms with E-state index in [0.717, 1.165) is 27.1 Å². The first kappa shape index (κ1) is 14.7. The van der Waals surface area contributed by atoms with Crippen LogP contribution >= 0.6 is 11.3 Å². The van der Waals surface area contributed by atoms with Crippen LogP contribution in [0, 0.1) is 6.92 Å². The van der Waals surface area contributed by atoms with Crippen LogP contribution in [0.2, 0.25) is 0 Å². The van der Waals surface area contributed by atoms with Crippen molar-refractivity contribution < 1.29 is 9.47 Å². The van der Waals surface area contributed by atoms with Crippen LogP contribution in [-0.2, 0) is 6.54 Å². The SMILES string of the molecule is COc1ccc(OC)c([C@H](C)NCc2nnc(C)s2)c1. The highest BCUT2D eigenvalue weighted by molar-refractivity contribution is 7.11. The summed E-state index contributed by atoms with van der Waals surface area (Å²) in [5.74, 6) is 1.67. The van der Waals surface area contributed by atoms with Crippen molar-refractivity contribution in [1.29, 1.82) is 0 Å². The van der Waals surface area contributed by atoms with Gasteiger partial charge in [-0.3, -0.25) is 0 Å². The lowest BCUT2D eigenvalue weighted by atomic mass is 10.1. The van der Waals surface area contributed by atoms with E-state index in [1.165, 1.54) is 0 Å². The van der Waals surface area contributed by atoms with Gasteiger partial charge in [0.25, 0.3) is 0 Å². The molecule has 0 unspecified atom stereocenters. The molecule has 5 nitrogen and oxygen atoms in total. The molecule has 1 aromatic heterocycles. The fraction of sp³-hybridized carbons (Fsp3) is 0.429. The number of nitrogens with one attached hydrogen (secondary N) is 1. The molecule has 2 rings (SSSR count). The maximum absolute atomic E-state index is 5.40. The number of hydrogen-bond donors (Lipinski definition) is 1. The molecule has 1 aromatic carbocycles. The Morgan fingerprint density at radius 1 is 1.25 bits per heavy atom. The molecule has 20 heavy (non-hydrogen) atoms. The van der Waals surface area contributed by atoms with Crippen molar-refractivity contribution in [2.24, 2.45) is 0 Å². The van der Waals surface area contributed by atoms with E-state index >= 15 is 0 Å². The second-order valence-corrected chi connectivity index (χ2v) is 5.69. The molecular weight excluding hydrogens is 274 g/mol. The fourth-order valence-electron chi connectivity index (χ4n) is 1.94. The Kier molecular flexibility index (Phi) is 4.92. The number of benzene rings is 1. The molecule has 1 heterocycles. The summed E-state index contributed by atoms with van der Waals surface area (Å²) in [4.78, 5) is 0. The molecule has 2 aromatic rings. The topological polar surface area (TPSA) is 56.3 Å². The van der Waals surface area contributed by atoms with Crippen LogP contribution in [0.3, 0.4) is 0 Å². The Bertz CT molecular complexity index is 571. The van der Waals surface area contributed by atoms with E-state index in [9.17, 15) is 0 Å². The molecule has 0 aliphatic carbocycles. The van der Waals surface area contributed by atoms with Gasteiger partial charge in [-0.05, 0) is 32.0 Å². The summed E-state index contributed by atoms with van der Waals surface area (Å²) >= 11 is 1.60. The van der Waals surface area contributed by atoms with Crippen molar-refractivity contribution in [3.05, 3.63) is 33.8 Å². The molecular formula is C14H19N3O2S. The van der Waals surface area contributed by atoms with Gasteiger partial charge >= 0.3 is 0 Å². The van der Waals surface area contributed by atoms with Crippen LogP contribution in [-0.4, -0.2) is 24.4 Å². The summed E-state index contributed by atoms with van der Waals surface area (Å²) in [6, 6.07) is 5.93. The van der Waals surface area contributed by atoms with Crippen LogP contribution < -0.4 is 14.8 Å². The van der Waals surface area contributed by atoms with Gasteiger partial charge in [-0.2, -0.15) is 0 Å². The van der Waals surface area contributed by atoms with Gasteiger partial charge in [-0.25, -0.2) is 0 Å². The number of rotatable bonds is 6. The maximum Gasteiger partial charge on any atom is 0.131 e. The Hall–Kier alpha value is -1.66. The average Bonchev–Trinajstić information content (AvgIpc) is 2.89. The van der Waals surface area contributed by atoms with E-state index in [4.69, 9.17) is 9.47 Å². The van der Waals surface area contributed by atoms with Crippen LogP contribution in [0.4, 0.5) is 0 Å². The van der Waals surface area contributed by atoms with Crippen molar-refractivity contribution in [2.45, 2.75) is 26.4 Å². The lowest BCUT2D eigenvalue weighted by Gasteiger charge is -2.17. The Morgan fingerprint density at radius 2 is 2.05 bits per heavy atom. The molecule has 0 saturated heterocycles. The third kappa shape index (κ3) is 3.46. The highest BCUT2D eigenvalue weighted by Gasteiger charge is 2.13. The van der Waals surface area contributed by atoms with Crippen molar-refractivity contribution in [2.75, 3.05) is 14.2 Å². The zero-order chi connectivity index (χ0) is 14.5. The summed E-state index contributed by atoms with van der Waals surface area (Å²) in [5, 5.41) is 13.5. The number of ether oxygens (including phenoxy) is 2. The molecule has 0 radical (unpaired) electrons. The van der Waals surface area contributed by atoms with Gasteiger partial charge in [0.1, 0.15) is 21.5 Å². The highest BCUT2D eigenvalue weighted by Crippen LogP contribution is 2.29. The number of methoxy groups -OCH3 is 2. The van der Waals surface area contributed by atoms with Gasteiger partial charge in [0.15, 0.2) is 0 Å². The number of nitrogens with zero attached hydrogens (tertiary/aromatic N) is 2. The zero-order valence-corrected chi connectivity index (χ0v) is 13.0. The van der Waals surface area contributed by atoms with E-state index in [-0.39, 0.29) is 6.04 Å². The van der Waals surface area contributed by atoms with Crippen LogP contribution in [0.25, 0.3) is 0 Å². The van der Waals surface area contributed by atoms with Gasteiger partial charge in [0.05, 0.1) is 20.8 Å². The first-order valence-corrected chi connectivity index (χ1v) is 7.20. The molecule has 0 spiro atoms. The number of aryl methyl sites for hydroxylation is 1. The first-order valence-electron chi connectivity index (χ1n) is 6.38. The van der Waals surface area contributed by atoms with Gasteiger partial charge in [-0.1, -0.05) is 0 Å². The van der Waals surface area contributed by atoms with Crippen molar-refractivity contribution in [1.82, 2.24) is 15.5 Å². The summed E-state index contributed by atoms with van der Waals surface area (Å²) in [6.07, 6.45) is 0. The molecule has 1 atom stereocenters. The molecule has 0 aliphatic heterocycles. The smallest absolute Gasteiger partial charge is 0.131 e. The van der Waals surface area contributed by atoms with E-state index in [1.807, 2.05) is 25.1 Å². The number of aromatic nitrogens is 2. The molecule has 108 valence electrons. The van der Waals surface area contributed by atoms with E-state index in [1.54, 1.807) is 25.6 Å². The average molecular weight is 293 g/mol. The van der Waals surface area contributed by atoms with E-state index in [0.29, 0.717) is 6.54 Å². The predicted molar refractivity (Wildman–Crippen MR) is 79.4 cm³/mol. The Balaban J connectivity index is 2.09. The van der Waals surface area contributed by atoms with Gasteiger partial charge in [0, 0.05) is 11.6 Å². The predicted octanol–water partition coefficient (Wildman–Crippen LogP) is 2.71. The van der Waals surface area contributed by atoms with E-state index in [2.05, 4.69) is 22.4 Å². The van der Waals surface area contributed by atoms with Gasteiger partial charge in [0.2, 0.25) is 0 Å². The summed E-state index contributed by atoms with van der Waals surface area (Å²) < 4.78 is 10.7. The largest absolute Gasteiger partial charge is 0.497 e. The molecule has 0 aliphatic rings. The van der Waals surface area contributed by atoms with Gasteiger partial charge < -0.3 is 14.8 Å². The summed E-state index contributed by atoms with van der Waals surface area (Å²) in [6.45, 7) is 4.73. The van der Waals surface area contributed by atoms with Crippen molar-refractivity contribution in [3.8, 4) is 11.5 Å². The minimum Gasteiger partial charge on any atom is -0.497 e. The standard InChI is InChI=1S/C14H19N3O2S/c1-9(15-8-14-17-16-10(2)20-14)12-7-11(18-3)5-6-13(12)19-4/h5-7,9,15H,8H2,1-4H3/t9-/m0/s1. The minimum atomic E-state index is 0.129. The highest BCUT2D eigenvalue weighted by atomic mass is 32.1. The third-order valence-electron chi connectivity index (χ3n) is 3.03. The molecule has 0 bridgehead atoms. The van der Waals surface area contributed by atoms with Crippen LogP contribution in [0.1, 0.15) is 28.5 Å². The fourth-order valence-corrected chi connectivity index (χ4v) is 2.60. The molecule has 0 amide bonds. The van der Waals surface area contributed by atoms with Crippen molar-refractivity contribution in [3.63, 3.8) is 0 Å².